The van der Waals surface area contributed by atoms with Crippen molar-refractivity contribution in [2.45, 2.75) is 50.7 Å². The predicted molar refractivity (Wildman–Crippen MR) is 96.9 cm³/mol. The molecule has 0 spiro atoms. The van der Waals surface area contributed by atoms with Gasteiger partial charge in [-0.3, -0.25) is 9.48 Å². The maximum absolute atomic E-state index is 12.9. The predicted octanol–water partition coefficient (Wildman–Crippen LogP) is 2.86. The number of rotatable bonds is 5. The smallest absolute Gasteiger partial charge is 0.227 e. The first-order valence-corrected chi connectivity index (χ1v) is 9.13. The molecule has 5 nitrogen and oxygen atoms in total. The van der Waals surface area contributed by atoms with Crippen LogP contribution in [-0.2, 0) is 18.3 Å². The van der Waals surface area contributed by atoms with Crippen molar-refractivity contribution in [1.82, 2.24) is 14.7 Å². The number of carbonyl (C=O) groups is 1. The van der Waals surface area contributed by atoms with E-state index in [-0.39, 0.29) is 11.9 Å². The summed E-state index contributed by atoms with van der Waals surface area (Å²) in [5.41, 5.74) is 1.87. The number of amides is 1. The lowest BCUT2D eigenvalue weighted by atomic mass is 9.98. The zero-order valence-electron chi connectivity index (χ0n) is 14.8. The minimum absolute atomic E-state index is 0.0990. The second-order valence-electron chi connectivity index (χ2n) is 6.95. The fraction of sp³-hybridized carbons (Fsp3) is 0.500. The van der Waals surface area contributed by atoms with Gasteiger partial charge in [0.2, 0.25) is 5.91 Å². The minimum Gasteiger partial charge on any atom is -0.388 e. The molecular formula is C20H27N3O2. The van der Waals surface area contributed by atoms with Crippen molar-refractivity contribution in [2.75, 3.05) is 6.54 Å². The second kappa shape index (κ2) is 8.30. The van der Waals surface area contributed by atoms with Crippen molar-refractivity contribution < 1.29 is 9.90 Å². The molecule has 2 atom stereocenters. The van der Waals surface area contributed by atoms with Gasteiger partial charge in [0.15, 0.2) is 0 Å². The van der Waals surface area contributed by atoms with Crippen molar-refractivity contribution in [3.63, 3.8) is 0 Å². The standard InChI is InChI=1S/C20H27N3O2/c1-22-15-16(14-21-22)12-20(25)23-11-7-3-6-10-18(23)13-19(24)17-8-4-2-5-9-17/h2,4-5,8-9,14-15,18-19,24H,3,6-7,10-13H2,1H3/t18-,19-/m1/s1. The molecule has 1 fully saturated rings. The molecule has 25 heavy (non-hydrogen) atoms. The van der Waals surface area contributed by atoms with Gasteiger partial charge in [0.1, 0.15) is 0 Å². The van der Waals surface area contributed by atoms with E-state index in [1.54, 1.807) is 10.9 Å². The number of aliphatic hydroxyl groups excluding tert-OH is 1. The number of aliphatic hydroxyl groups is 1. The number of hydrogen-bond donors (Lipinski definition) is 1. The van der Waals surface area contributed by atoms with Gasteiger partial charge in [-0.05, 0) is 30.4 Å². The van der Waals surface area contributed by atoms with Crippen molar-refractivity contribution >= 4 is 5.91 Å². The first-order valence-electron chi connectivity index (χ1n) is 9.13. The molecule has 1 aromatic carbocycles. The van der Waals surface area contributed by atoms with E-state index in [1.165, 1.54) is 0 Å². The van der Waals surface area contributed by atoms with Crippen LogP contribution in [0.4, 0.5) is 0 Å². The van der Waals surface area contributed by atoms with Gasteiger partial charge < -0.3 is 10.0 Å². The molecule has 2 aromatic rings. The fourth-order valence-corrected chi connectivity index (χ4v) is 3.66. The van der Waals surface area contributed by atoms with Crippen LogP contribution in [0.1, 0.15) is 49.3 Å². The molecule has 1 aliphatic rings. The summed E-state index contributed by atoms with van der Waals surface area (Å²) in [7, 11) is 1.86. The summed E-state index contributed by atoms with van der Waals surface area (Å²) in [4.78, 5) is 14.9. The quantitative estimate of drug-likeness (QED) is 0.910. The third kappa shape index (κ3) is 4.69. The normalized spacial score (nSPS) is 19.4. The summed E-state index contributed by atoms with van der Waals surface area (Å²) < 4.78 is 1.72. The molecule has 0 saturated carbocycles. The number of hydrogen-bond acceptors (Lipinski definition) is 3. The maximum Gasteiger partial charge on any atom is 0.227 e. The number of aryl methyl sites for hydroxylation is 1. The highest BCUT2D eigenvalue weighted by atomic mass is 16.3. The van der Waals surface area contributed by atoms with Crippen molar-refractivity contribution in [3.05, 3.63) is 53.9 Å². The third-order valence-corrected chi connectivity index (χ3v) is 4.99. The van der Waals surface area contributed by atoms with E-state index in [0.717, 1.165) is 43.4 Å². The van der Waals surface area contributed by atoms with E-state index in [1.807, 2.05) is 48.5 Å². The number of carbonyl (C=O) groups excluding carboxylic acids is 1. The van der Waals surface area contributed by atoms with Gasteiger partial charge in [0, 0.05) is 25.8 Å². The van der Waals surface area contributed by atoms with E-state index in [9.17, 15) is 9.90 Å². The molecular weight excluding hydrogens is 314 g/mol. The molecule has 1 N–H and O–H groups in total. The summed E-state index contributed by atoms with van der Waals surface area (Å²) >= 11 is 0. The van der Waals surface area contributed by atoms with Crippen molar-refractivity contribution in [2.24, 2.45) is 7.05 Å². The van der Waals surface area contributed by atoms with Crippen LogP contribution >= 0.6 is 0 Å². The van der Waals surface area contributed by atoms with E-state index in [4.69, 9.17) is 0 Å². The number of nitrogens with zero attached hydrogens (tertiary/aromatic N) is 3. The summed E-state index contributed by atoms with van der Waals surface area (Å²) in [6.45, 7) is 0.783. The fourth-order valence-electron chi connectivity index (χ4n) is 3.66. The van der Waals surface area contributed by atoms with Gasteiger partial charge in [-0.15, -0.1) is 0 Å². The topological polar surface area (TPSA) is 58.4 Å². The third-order valence-electron chi connectivity index (χ3n) is 4.99. The number of aromatic nitrogens is 2. The summed E-state index contributed by atoms with van der Waals surface area (Å²) in [5, 5.41) is 14.8. The van der Waals surface area contributed by atoms with Crippen LogP contribution in [0.3, 0.4) is 0 Å². The first kappa shape index (κ1) is 17.7. The van der Waals surface area contributed by atoms with Crippen LogP contribution in [-0.4, -0.2) is 38.3 Å². The maximum atomic E-state index is 12.9. The summed E-state index contributed by atoms with van der Waals surface area (Å²) in [6.07, 6.45) is 8.36. The van der Waals surface area contributed by atoms with Crippen LogP contribution in [0.2, 0.25) is 0 Å². The van der Waals surface area contributed by atoms with Crippen LogP contribution in [0.25, 0.3) is 0 Å². The SMILES string of the molecule is Cn1cc(CC(=O)N2CCCCC[C@@H]2C[C@@H](O)c2ccccc2)cn1. The highest BCUT2D eigenvalue weighted by molar-refractivity contribution is 5.79. The Labute approximate surface area is 149 Å². The molecule has 1 aromatic heterocycles. The number of benzene rings is 1. The Morgan fingerprint density at radius 3 is 2.80 bits per heavy atom. The molecule has 0 bridgehead atoms. The van der Waals surface area contributed by atoms with Crippen molar-refractivity contribution in [1.29, 1.82) is 0 Å². The van der Waals surface area contributed by atoms with E-state index in [2.05, 4.69) is 5.10 Å². The zero-order chi connectivity index (χ0) is 17.6. The van der Waals surface area contributed by atoms with Crippen LogP contribution in [0.5, 0.6) is 0 Å². The molecule has 1 aliphatic heterocycles. The number of likely N-dealkylation sites (tertiary alicyclic amines) is 1. The van der Waals surface area contributed by atoms with E-state index >= 15 is 0 Å². The molecule has 0 radical (unpaired) electrons. The van der Waals surface area contributed by atoms with Gasteiger partial charge in [0.25, 0.3) is 0 Å². The molecule has 1 saturated heterocycles. The molecule has 2 heterocycles. The Balaban J connectivity index is 1.69. The average Bonchev–Trinajstić information content (AvgIpc) is 2.88. The Hall–Kier alpha value is -2.14. The Morgan fingerprint density at radius 1 is 1.28 bits per heavy atom. The highest BCUT2D eigenvalue weighted by Crippen LogP contribution is 2.27. The largest absolute Gasteiger partial charge is 0.388 e. The molecule has 3 rings (SSSR count). The molecule has 5 heteroatoms. The zero-order valence-corrected chi connectivity index (χ0v) is 14.8. The Morgan fingerprint density at radius 2 is 2.08 bits per heavy atom. The Kier molecular flexibility index (Phi) is 5.87. The molecule has 0 unspecified atom stereocenters. The van der Waals surface area contributed by atoms with E-state index in [0.29, 0.717) is 12.8 Å². The first-order chi connectivity index (χ1) is 12.1. The van der Waals surface area contributed by atoms with Gasteiger partial charge in [-0.25, -0.2) is 0 Å². The van der Waals surface area contributed by atoms with Crippen LogP contribution < -0.4 is 0 Å². The Bertz CT molecular complexity index is 683. The van der Waals surface area contributed by atoms with Gasteiger partial charge in [0.05, 0.1) is 18.7 Å². The summed E-state index contributed by atoms with van der Waals surface area (Å²) in [5.74, 6) is 0.139. The van der Waals surface area contributed by atoms with Crippen molar-refractivity contribution in [3.8, 4) is 0 Å². The highest BCUT2D eigenvalue weighted by Gasteiger charge is 2.27. The van der Waals surface area contributed by atoms with Crippen LogP contribution in [0, 0.1) is 0 Å². The second-order valence-corrected chi connectivity index (χ2v) is 6.95. The molecule has 0 aliphatic carbocycles. The minimum atomic E-state index is -0.530. The van der Waals surface area contributed by atoms with Gasteiger partial charge >= 0.3 is 0 Å². The lowest BCUT2D eigenvalue weighted by molar-refractivity contribution is -0.133. The van der Waals surface area contributed by atoms with Gasteiger partial charge in [-0.1, -0.05) is 43.2 Å². The lowest BCUT2D eigenvalue weighted by Crippen LogP contribution is -2.41. The van der Waals surface area contributed by atoms with Crippen LogP contribution in [0.15, 0.2) is 42.7 Å². The molecule has 1 amide bonds. The van der Waals surface area contributed by atoms with E-state index < -0.39 is 6.10 Å². The summed E-state index contributed by atoms with van der Waals surface area (Å²) in [6, 6.07) is 9.83. The van der Waals surface area contributed by atoms with Gasteiger partial charge in [-0.2, -0.15) is 5.10 Å². The average molecular weight is 341 g/mol. The lowest BCUT2D eigenvalue weighted by Gasteiger charge is -2.31. The molecule has 134 valence electrons. The monoisotopic (exact) mass is 341 g/mol.